The lowest BCUT2D eigenvalue weighted by molar-refractivity contribution is -0.119. The summed E-state index contributed by atoms with van der Waals surface area (Å²) in [6.45, 7) is 4.28. The monoisotopic (exact) mass is 344 g/mol. The fourth-order valence-electron chi connectivity index (χ4n) is 3.23. The zero-order valence-corrected chi connectivity index (χ0v) is 15.1. The third kappa shape index (κ3) is 3.98. The Morgan fingerprint density at radius 1 is 1.33 bits per heavy atom. The van der Waals surface area contributed by atoms with Crippen molar-refractivity contribution in [2.75, 3.05) is 5.75 Å². The van der Waals surface area contributed by atoms with Crippen LogP contribution in [0.1, 0.15) is 38.2 Å². The summed E-state index contributed by atoms with van der Waals surface area (Å²) in [5, 5.41) is 12.1. The molecule has 0 spiro atoms. The minimum absolute atomic E-state index is 0.0816. The number of carbonyl (C=O) groups excluding carboxylic acids is 1. The van der Waals surface area contributed by atoms with Crippen LogP contribution in [0.15, 0.2) is 35.7 Å². The summed E-state index contributed by atoms with van der Waals surface area (Å²) in [4.78, 5) is 12.3. The predicted octanol–water partition coefficient (Wildman–Crippen LogP) is 3.36. The topological polar surface area (TPSA) is 59.8 Å². The molecule has 1 aliphatic rings. The molecule has 2 atom stereocenters. The molecule has 24 heavy (non-hydrogen) atoms. The van der Waals surface area contributed by atoms with E-state index in [1.165, 1.54) is 31.0 Å². The van der Waals surface area contributed by atoms with E-state index in [9.17, 15) is 4.79 Å². The van der Waals surface area contributed by atoms with E-state index >= 15 is 0 Å². The van der Waals surface area contributed by atoms with Crippen LogP contribution in [0.25, 0.3) is 5.69 Å². The molecular weight excluding hydrogens is 320 g/mol. The second-order valence-electron chi connectivity index (χ2n) is 6.49. The number of thioether (sulfide) groups is 1. The zero-order chi connectivity index (χ0) is 16.9. The van der Waals surface area contributed by atoms with Crippen LogP contribution in [0.5, 0.6) is 0 Å². The number of aromatic nitrogens is 3. The Balaban J connectivity index is 1.60. The van der Waals surface area contributed by atoms with Crippen molar-refractivity contribution in [2.45, 2.75) is 50.7 Å². The normalized spacial score (nSPS) is 20.8. The van der Waals surface area contributed by atoms with E-state index in [-0.39, 0.29) is 5.91 Å². The van der Waals surface area contributed by atoms with E-state index in [4.69, 9.17) is 0 Å². The maximum absolute atomic E-state index is 12.3. The van der Waals surface area contributed by atoms with Crippen LogP contribution >= 0.6 is 11.8 Å². The fraction of sp³-hybridized carbons (Fsp3) is 0.500. The molecule has 1 aromatic carbocycles. The van der Waals surface area contributed by atoms with E-state index in [2.05, 4.69) is 35.4 Å². The Kier molecular flexibility index (Phi) is 5.56. The quantitative estimate of drug-likeness (QED) is 0.845. The van der Waals surface area contributed by atoms with Gasteiger partial charge in [0.25, 0.3) is 0 Å². The van der Waals surface area contributed by atoms with Gasteiger partial charge >= 0.3 is 0 Å². The van der Waals surface area contributed by atoms with Gasteiger partial charge in [0.05, 0.1) is 11.4 Å². The van der Waals surface area contributed by atoms with Crippen LogP contribution in [-0.4, -0.2) is 32.5 Å². The number of nitrogens with one attached hydrogen (secondary N) is 1. The molecule has 1 aromatic heterocycles. The first-order valence-electron chi connectivity index (χ1n) is 8.53. The number of amides is 1. The average Bonchev–Trinajstić information content (AvgIpc) is 3.04. The largest absolute Gasteiger partial charge is 0.352 e. The third-order valence-corrected chi connectivity index (χ3v) is 5.62. The first-order valence-corrected chi connectivity index (χ1v) is 9.52. The Bertz CT molecular complexity index is 700. The van der Waals surface area contributed by atoms with Gasteiger partial charge in [-0.1, -0.05) is 49.7 Å². The lowest BCUT2D eigenvalue weighted by Crippen LogP contribution is -2.41. The van der Waals surface area contributed by atoms with Crippen LogP contribution in [0, 0.1) is 12.8 Å². The Morgan fingerprint density at radius 2 is 2.12 bits per heavy atom. The number of aryl methyl sites for hydroxylation is 1. The van der Waals surface area contributed by atoms with E-state index < -0.39 is 0 Å². The molecular formula is C18H24N4OS. The predicted molar refractivity (Wildman–Crippen MR) is 96.4 cm³/mol. The summed E-state index contributed by atoms with van der Waals surface area (Å²) in [5.41, 5.74) is 2.20. The van der Waals surface area contributed by atoms with Crippen LogP contribution in [0.3, 0.4) is 0 Å². The summed E-state index contributed by atoms with van der Waals surface area (Å²) in [5.74, 6) is 1.02. The summed E-state index contributed by atoms with van der Waals surface area (Å²) in [6, 6.07) is 8.41. The van der Waals surface area contributed by atoms with Gasteiger partial charge in [0, 0.05) is 6.04 Å². The number of nitrogens with zero attached hydrogens (tertiary/aromatic N) is 3. The van der Waals surface area contributed by atoms with Gasteiger partial charge in [-0.15, -0.1) is 10.2 Å². The van der Waals surface area contributed by atoms with Crippen molar-refractivity contribution in [3.05, 3.63) is 36.2 Å². The second-order valence-corrected chi connectivity index (χ2v) is 7.44. The molecule has 0 saturated heterocycles. The van der Waals surface area contributed by atoms with Gasteiger partial charge < -0.3 is 5.32 Å². The van der Waals surface area contributed by atoms with Crippen molar-refractivity contribution in [2.24, 2.45) is 5.92 Å². The maximum atomic E-state index is 12.3. The average molecular weight is 344 g/mol. The van der Waals surface area contributed by atoms with Crippen molar-refractivity contribution in [3.63, 3.8) is 0 Å². The maximum Gasteiger partial charge on any atom is 0.230 e. The molecule has 1 amide bonds. The van der Waals surface area contributed by atoms with Crippen LogP contribution < -0.4 is 5.32 Å². The van der Waals surface area contributed by atoms with Crippen molar-refractivity contribution in [1.29, 1.82) is 0 Å². The lowest BCUT2D eigenvalue weighted by Gasteiger charge is -2.29. The number of rotatable bonds is 5. The first-order chi connectivity index (χ1) is 11.6. The van der Waals surface area contributed by atoms with E-state index in [1.807, 2.05) is 22.8 Å². The van der Waals surface area contributed by atoms with Gasteiger partial charge in [0.15, 0.2) is 5.16 Å². The van der Waals surface area contributed by atoms with Crippen molar-refractivity contribution < 1.29 is 4.79 Å². The molecule has 5 nitrogen and oxygen atoms in total. The fourth-order valence-corrected chi connectivity index (χ4v) is 3.96. The molecule has 0 aliphatic heterocycles. The lowest BCUT2D eigenvalue weighted by atomic mass is 9.86. The molecule has 0 radical (unpaired) electrons. The number of carbonyl (C=O) groups is 1. The molecule has 1 aliphatic carbocycles. The van der Waals surface area contributed by atoms with Gasteiger partial charge in [-0.25, -0.2) is 0 Å². The van der Waals surface area contributed by atoms with E-state index in [0.29, 0.717) is 17.7 Å². The molecule has 1 heterocycles. The Labute approximate surface area is 147 Å². The first kappa shape index (κ1) is 17.0. The minimum Gasteiger partial charge on any atom is -0.352 e. The summed E-state index contributed by atoms with van der Waals surface area (Å²) in [7, 11) is 0. The number of para-hydroxylation sites is 1. The van der Waals surface area contributed by atoms with E-state index in [1.54, 1.807) is 6.33 Å². The number of hydrogen-bond donors (Lipinski definition) is 1. The van der Waals surface area contributed by atoms with Crippen LogP contribution in [-0.2, 0) is 4.79 Å². The summed E-state index contributed by atoms with van der Waals surface area (Å²) in [6.07, 6.45) is 6.49. The molecule has 0 bridgehead atoms. The van der Waals surface area contributed by atoms with Gasteiger partial charge in [-0.05, 0) is 37.3 Å². The summed E-state index contributed by atoms with van der Waals surface area (Å²) < 4.78 is 1.94. The van der Waals surface area contributed by atoms with Crippen molar-refractivity contribution in [1.82, 2.24) is 20.1 Å². The van der Waals surface area contributed by atoms with Crippen molar-refractivity contribution in [3.8, 4) is 5.69 Å². The standard InChI is InChI=1S/C18H24N4OS/c1-13-7-3-5-9-15(13)20-17(23)11-24-18-21-19-12-22(18)16-10-6-4-8-14(16)2/h4,6,8,10,12-13,15H,3,5,7,9,11H2,1-2H3,(H,20,23)/t13-,15-/m0/s1. The Hall–Kier alpha value is -1.82. The van der Waals surface area contributed by atoms with Gasteiger partial charge in [0.1, 0.15) is 6.33 Å². The SMILES string of the molecule is Cc1ccccc1-n1cnnc1SCC(=O)N[C@H]1CCCC[C@@H]1C. The highest BCUT2D eigenvalue weighted by molar-refractivity contribution is 7.99. The third-order valence-electron chi connectivity index (χ3n) is 4.68. The van der Waals surface area contributed by atoms with Crippen LogP contribution in [0.4, 0.5) is 0 Å². The number of hydrogen-bond acceptors (Lipinski definition) is 4. The second kappa shape index (κ2) is 7.83. The molecule has 1 N–H and O–H groups in total. The van der Waals surface area contributed by atoms with Gasteiger partial charge in [-0.2, -0.15) is 0 Å². The molecule has 6 heteroatoms. The molecule has 3 rings (SSSR count). The molecule has 1 fully saturated rings. The number of benzene rings is 1. The molecule has 1 saturated carbocycles. The highest BCUT2D eigenvalue weighted by atomic mass is 32.2. The Morgan fingerprint density at radius 3 is 2.92 bits per heavy atom. The zero-order valence-electron chi connectivity index (χ0n) is 14.2. The minimum atomic E-state index is 0.0816. The van der Waals surface area contributed by atoms with E-state index in [0.717, 1.165) is 22.8 Å². The van der Waals surface area contributed by atoms with Gasteiger partial charge in [-0.3, -0.25) is 9.36 Å². The molecule has 128 valence electrons. The van der Waals surface area contributed by atoms with Crippen LogP contribution in [0.2, 0.25) is 0 Å². The highest BCUT2D eigenvalue weighted by Crippen LogP contribution is 2.25. The smallest absolute Gasteiger partial charge is 0.230 e. The summed E-state index contributed by atoms with van der Waals surface area (Å²) >= 11 is 1.43. The molecule has 0 unspecified atom stereocenters. The molecule has 2 aromatic rings. The van der Waals surface area contributed by atoms with Gasteiger partial charge in [0.2, 0.25) is 5.91 Å². The highest BCUT2D eigenvalue weighted by Gasteiger charge is 2.23. The van der Waals surface area contributed by atoms with Crippen molar-refractivity contribution >= 4 is 17.7 Å².